The van der Waals surface area contributed by atoms with Gasteiger partial charge in [-0.15, -0.1) is 0 Å². The molecular formula is C21H17F3N2O2. The summed E-state index contributed by atoms with van der Waals surface area (Å²) in [7, 11) is 0. The predicted octanol–water partition coefficient (Wildman–Crippen LogP) is 4.24. The number of pyridine rings is 1. The van der Waals surface area contributed by atoms with Crippen LogP contribution in [0.2, 0.25) is 0 Å². The SMILES string of the molecule is Cc1cc(-c2cccc(C(=O)NCc3cccc[n+]3[O-])c2)ccc1C(F)(F)F. The third-order valence-electron chi connectivity index (χ3n) is 4.32. The van der Waals surface area contributed by atoms with Gasteiger partial charge in [-0.3, -0.25) is 4.79 Å². The Morgan fingerprint density at radius 2 is 1.79 bits per heavy atom. The number of carbonyl (C=O) groups excluding carboxylic acids is 1. The molecule has 0 saturated carbocycles. The first-order valence-corrected chi connectivity index (χ1v) is 8.49. The van der Waals surface area contributed by atoms with Gasteiger partial charge in [0.15, 0.2) is 6.20 Å². The highest BCUT2D eigenvalue weighted by molar-refractivity contribution is 5.95. The smallest absolute Gasteiger partial charge is 0.416 e. The van der Waals surface area contributed by atoms with Crippen molar-refractivity contribution in [1.29, 1.82) is 0 Å². The zero-order valence-electron chi connectivity index (χ0n) is 15.0. The third kappa shape index (κ3) is 4.31. The lowest BCUT2D eigenvalue weighted by Crippen LogP contribution is -2.35. The summed E-state index contributed by atoms with van der Waals surface area (Å²) < 4.78 is 39.5. The lowest BCUT2D eigenvalue weighted by Gasteiger charge is -2.12. The van der Waals surface area contributed by atoms with Crippen LogP contribution in [0, 0.1) is 12.1 Å². The molecule has 0 spiro atoms. The van der Waals surface area contributed by atoms with Crippen LogP contribution < -0.4 is 10.0 Å². The molecule has 0 fully saturated rings. The number of carbonyl (C=O) groups is 1. The zero-order chi connectivity index (χ0) is 20.3. The molecule has 0 atom stereocenters. The Morgan fingerprint density at radius 1 is 1.04 bits per heavy atom. The number of aromatic nitrogens is 1. The van der Waals surface area contributed by atoms with Crippen molar-refractivity contribution in [2.24, 2.45) is 0 Å². The summed E-state index contributed by atoms with van der Waals surface area (Å²) in [6.45, 7) is 1.47. The number of halogens is 3. The van der Waals surface area contributed by atoms with Crippen LogP contribution in [0.3, 0.4) is 0 Å². The van der Waals surface area contributed by atoms with Crippen LogP contribution in [0.5, 0.6) is 0 Å². The molecule has 0 aliphatic carbocycles. The second-order valence-electron chi connectivity index (χ2n) is 6.31. The summed E-state index contributed by atoms with van der Waals surface area (Å²) in [5.41, 5.74) is 1.39. The molecule has 2 aromatic carbocycles. The van der Waals surface area contributed by atoms with Crippen molar-refractivity contribution in [1.82, 2.24) is 5.32 Å². The van der Waals surface area contributed by atoms with E-state index in [1.54, 1.807) is 42.5 Å². The standard InChI is InChI=1S/C21H17F3N2O2/c1-14-11-16(8-9-19(14)21(22,23)24)15-5-4-6-17(12-15)20(27)25-13-18-7-2-3-10-26(18)28/h2-12H,13H2,1H3,(H,25,27). The molecular weight excluding hydrogens is 369 g/mol. The fourth-order valence-corrected chi connectivity index (χ4v) is 2.87. The Labute approximate surface area is 159 Å². The monoisotopic (exact) mass is 386 g/mol. The van der Waals surface area contributed by atoms with Crippen LogP contribution >= 0.6 is 0 Å². The molecule has 144 valence electrons. The molecule has 0 radical (unpaired) electrons. The second-order valence-corrected chi connectivity index (χ2v) is 6.31. The Hall–Kier alpha value is -3.35. The van der Waals surface area contributed by atoms with Gasteiger partial charge in [-0.1, -0.05) is 24.3 Å². The van der Waals surface area contributed by atoms with Crippen LogP contribution in [0.4, 0.5) is 13.2 Å². The number of benzene rings is 2. The van der Waals surface area contributed by atoms with Gasteiger partial charge < -0.3 is 10.5 Å². The molecule has 0 aliphatic heterocycles. The van der Waals surface area contributed by atoms with Crippen LogP contribution in [0.25, 0.3) is 11.1 Å². The van der Waals surface area contributed by atoms with Crippen molar-refractivity contribution in [3.05, 3.63) is 94.5 Å². The largest absolute Gasteiger partial charge is 0.618 e. The highest BCUT2D eigenvalue weighted by Crippen LogP contribution is 2.34. The van der Waals surface area contributed by atoms with Crippen molar-refractivity contribution >= 4 is 5.91 Å². The highest BCUT2D eigenvalue weighted by atomic mass is 19.4. The average Bonchev–Trinajstić information content (AvgIpc) is 2.66. The van der Waals surface area contributed by atoms with E-state index in [0.717, 1.165) is 6.07 Å². The van der Waals surface area contributed by atoms with Gasteiger partial charge in [0.25, 0.3) is 5.91 Å². The van der Waals surface area contributed by atoms with Gasteiger partial charge in [-0.2, -0.15) is 17.9 Å². The number of nitrogens with one attached hydrogen (secondary N) is 1. The Morgan fingerprint density at radius 3 is 2.46 bits per heavy atom. The van der Waals surface area contributed by atoms with E-state index < -0.39 is 11.7 Å². The van der Waals surface area contributed by atoms with E-state index >= 15 is 0 Å². The number of amides is 1. The van der Waals surface area contributed by atoms with Crippen LogP contribution in [0.1, 0.15) is 27.2 Å². The quantitative estimate of drug-likeness (QED) is 0.539. The molecule has 7 heteroatoms. The fourth-order valence-electron chi connectivity index (χ4n) is 2.87. The van der Waals surface area contributed by atoms with E-state index in [4.69, 9.17) is 0 Å². The molecule has 4 nitrogen and oxygen atoms in total. The molecule has 0 saturated heterocycles. The molecule has 3 aromatic rings. The van der Waals surface area contributed by atoms with Crippen molar-refractivity contribution < 1.29 is 22.7 Å². The van der Waals surface area contributed by atoms with Gasteiger partial charge in [0, 0.05) is 17.7 Å². The van der Waals surface area contributed by atoms with Crippen molar-refractivity contribution in [2.75, 3.05) is 0 Å². The van der Waals surface area contributed by atoms with Gasteiger partial charge >= 0.3 is 6.18 Å². The van der Waals surface area contributed by atoms with Crippen LogP contribution in [-0.2, 0) is 12.7 Å². The number of aryl methyl sites for hydroxylation is 1. The fraction of sp³-hybridized carbons (Fsp3) is 0.143. The van der Waals surface area contributed by atoms with E-state index in [1.807, 2.05) is 0 Å². The Kier molecular flexibility index (Phi) is 5.35. The number of hydrogen-bond acceptors (Lipinski definition) is 2. The number of nitrogens with zero attached hydrogens (tertiary/aromatic N) is 1. The number of rotatable bonds is 4. The molecule has 3 rings (SSSR count). The Bertz CT molecular complexity index is 1020. The third-order valence-corrected chi connectivity index (χ3v) is 4.32. The van der Waals surface area contributed by atoms with Crippen LogP contribution in [-0.4, -0.2) is 5.91 Å². The lowest BCUT2D eigenvalue weighted by molar-refractivity contribution is -0.614. The van der Waals surface area contributed by atoms with Gasteiger partial charge in [-0.25, -0.2) is 0 Å². The molecule has 0 bridgehead atoms. The first-order chi connectivity index (χ1) is 13.3. The normalized spacial score (nSPS) is 11.3. The molecule has 1 aromatic heterocycles. The first kappa shape index (κ1) is 19.4. The summed E-state index contributed by atoms with van der Waals surface area (Å²) in [6, 6.07) is 15.4. The van der Waals surface area contributed by atoms with Gasteiger partial charge in [0.05, 0.1) is 5.56 Å². The summed E-state index contributed by atoms with van der Waals surface area (Å²) >= 11 is 0. The minimum absolute atomic E-state index is 0.0623. The minimum Gasteiger partial charge on any atom is -0.618 e. The molecule has 1 N–H and O–H groups in total. The summed E-state index contributed by atoms with van der Waals surface area (Å²) in [5.74, 6) is -0.380. The summed E-state index contributed by atoms with van der Waals surface area (Å²) in [4.78, 5) is 12.4. The van der Waals surface area contributed by atoms with E-state index in [-0.39, 0.29) is 18.0 Å². The molecule has 0 unspecified atom stereocenters. The van der Waals surface area contributed by atoms with Crippen molar-refractivity contribution in [2.45, 2.75) is 19.6 Å². The second kappa shape index (κ2) is 7.72. The lowest BCUT2D eigenvalue weighted by atomic mass is 9.98. The molecule has 1 amide bonds. The molecule has 28 heavy (non-hydrogen) atoms. The topological polar surface area (TPSA) is 56.0 Å². The molecule has 1 heterocycles. The van der Waals surface area contributed by atoms with Gasteiger partial charge in [0.1, 0.15) is 6.54 Å². The maximum atomic E-state index is 12.9. The van der Waals surface area contributed by atoms with Gasteiger partial charge in [-0.05, 0) is 47.9 Å². The van der Waals surface area contributed by atoms with E-state index in [9.17, 15) is 23.2 Å². The summed E-state index contributed by atoms with van der Waals surface area (Å²) in [6.07, 6.45) is -3.06. The predicted molar refractivity (Wildman–Crippen MR) is 98.2 cm³/mol. The average molecular weight is 386 g/mol. The molecule has 0 aliphatic rings. The summed E-state index contributed by atoms with van der Waals surface area (Å²) in [5, 5.41) is 14.3. The number of hydrogen-bond donors (Lipinski definition) is 1. The maximum Gasteiger partial charge on any atom is 0.416 e. The first-order valence-electron chi connectivity index (χ1n) is 8.49. The van der Waals surface area contributed by atoms with Crippen molar-refractivity contribution in [3.8, 4) is 11.1 Å². The maximum absolute atomic E-state index is 12.9. The van der Waals surface area contributed by atoms with E-state index in [2.05, 4.69) is 5.32 Å². The Balaban J connectivity index is 1.79. The van der Waals surface area contributed by atoms with Gasteiger partial charge in [0.2, 0.25) is 5.69 Å². The van der Waals surface area contributed by atoms with E-state index in [0.29, 0.717) is 27.1 Å². The minimum atomic E-state index is -4.40. The van der Waals surface area contributed by atoms with E-state index in [1.165, 1.54) is 25.3 Å². The number of alkyl halides is 3. The van der Waals surface area contributed by atoms with Crippen LogP contribution in [0.15, 0.2) is 66.9 Å². The highest BCUT2D eigenvalue weighted by Gasteiger charge is 2.32. The van der Waals surface area contributed by atoms with Crippen molar-refractivity contribution in [3.63, 3.8) is 0 Å². The zero-order valence-corrected chi connectivity index (χ0v) is 15.0.